The van der Waals surface area contributed by atoms with Gasteiger partial charge in [0.15, 0.2) is 0 Å². The first-order chi connectivity index (χ1) is 18.8. The molecule has 6 rings (SSSR count). The molecule has 1 atom stereocenters. The van der Waals surface area contributed by atoms with Gasteiger partial charge in [0.2, 0.25) is 0 Å². The molecule has 1 N–H and O–H groups in total. The number of nitrogens with zero attached hydrogens (tertiary/aromatic N) is 6. The summed E-state index contributed by atoms with van der Waals surface area (Å²) in [7, 11) is 1.84. The van der Waals surface area contributed by atoms with E-state index in [9.17, 15) is 9.18 Å². The van der Waals surface area contributed by atoms with Gasteiger partial charge in [0.1, 0.15) is 11.6 Å². The van der Waals surface area contributed by atoms with E-state index in [1.54, 1.807) is 58.5 Å². The number of hydrogen-bond acceptors (Lipinski definition) is 5. The molecule has 3 aromatic heterocycles. The molecule has 0 spiro atoms. The lowest BCUT2D eigenvalue weighted by Gasteiger charge is -2.24. The van der Waals surface area contributed by atoms with Gasteiger partial charge in [-0.3, -0.25) is 13.8 Å². The highest BCUT2D eigenvalue weighted by molar-refractivity contribution is 6.37. The van der Waals surface area contributed by atoms with Crippen LogP contribution in [0.3, 0.4) is 0 Å². The van der Waals surface area contributed by atoms with E-state index in [2.05, 4.69) is 10.4 Å². The number of aryl methyl sites for hydroxylation is 3. The van der Waals surface area contributed by atoms with Crippen molar-refractivity contribution in [2.24, 2.45) is 7.05 Å². The topological polar surface area (TPSA) is 83.8 Å². The average Bonchev–Trinajstić information content (AvgIpc) is 3.61. The van der Waals surface area contributed by atoms with Crippen LogP contribution in [0.25, 0.3) is 28.1 Å². The van der Waals surface area contributed by atoms with Gasteiger partial charge in [-0.15, -0.1) is 0 Å². The molecule has 0 unspecified atom stereocenters. The molecule has 11 heteroatoms. The van der Waals surface area contributed by atoms with Gasteiger partial charge in [-0.25, -0.2) is 13.9 Å². The smallest absolute Gasteiger partial charge is 0.338 e. The van der Waals surface area contributed by atoms with E-state index < -0.39 is 0 Å². The van der Waals surface area contributed by atoms with Gasteiger partial charge in [-0.1, -0.05) is 11.6 Å². The van der Waals surface area contributed by atoms with Crippen molar-refractivity contribution in [2.75, 3.05) is 19.8 Å². The van der Waals surface area contributed by atoms with Crippen molar-refractivity contribution >= 4 is 22.5 Å². The summed E-state index contributed by atoms with van der Waals surface area (Å²) in [5, 5.41) is 14.0. The van der Waals surface area contributed by atoms with E-state index in [1.165, 1.54) is 4.57 Å². The standard InChI is InChI=1S/C28H29ClFN7O2/c1-5-39-15-21-24-20(8-9-31-21)33-37(18-12-16(2)26(30)17(3)13-18)27(24)36-11-10-35(28(36)38)23-7-6-22-19(25(23)29)14-32-34(22)4/h6-7,10-14,21,31H,5,8-9,15H2,1-4H3/t21-/m0/s1. The van der Waals surface area contributed by atoms with Crippen LogP contribution in [-0.2, 0) is 18.2 Å². The van der Waals surface area contributed by atoms with Crippen molar-refractivity contribution in [3.8, 4) is 17.2 Å². The third-order valence-electron chi connectivity index (χ3n) is 7.34. The maximum atomic E-state index is 14.6. The molecule has 0 saturated carbocycles. The quantitative estimate of drug-likeness (QED) is 0.341. The highest BCUT2D eigenvalue weighted by Crippen LogP contribution is 2.33. The predicted molar refractivity (Wildman–Crippen MR) is 148 cm³/mol. The Hall–Kier alpha value is -3.73. The molecule has 1 aliphatic rings. The molecule has 1 aliphatic heterocycles. The molecular formula is C28H29ClFN7O2. The molecule has 4 heterocycles. The minimum absolute atomic E-state index is 0.161. The van der Waals surface area contributed by atoms with Gasteiger partial charge >= 0.3 is 5.69 Å². The Bertz CT molecular complexity index is 1760. The molecule has 0 bridgehead atoms. The zero-order valence-corrected chi connectivity index (χ0v) is 23.0. The first-order valence-electron chi connectivity index (χ1n) is 12.9. The lowest BCUT2D eigenvalue weighted by atomic mass is 10.0. The minimum Gasteiger partial charge on any atom is -0.380 e. The number of benzene rings is 2. The second kappa shape index (κ2) is 9.78. The first-order valence-corrected chi connectivity index (χ1v) is 13.3. The van der Waals surface area contributed by atoms with Crippen molar-refractivity contribution in [3.63, 3.8) is 0 Å². The van der Waals surface area contributed by atoms with E-state index in [0.717, 1.165) is 28.7 Å². The van der Waals surface area contributed by atoms with Crippen LogP contribution in [0.5, 0.6) is 0 Å². The zero-order chi connectivity index (χ0) is 27.4. The van der Waals surface area contributed by atoms with Crippen LogP contribution in [-0.4, -0.2) is 48.5 Å². The lowest BCUT2D eigenvalue weighted by molar-refractivity contribution is 0.121. The van der Waals surface area contributed by atoms with Crippen LogP contribution in [0.2, 0.25) is 5.02 Å². The molecular weight excluding hydrogens is 521 g/mol. The number of imidazole rings is 1. The maximum Gasteiger partial charge on any atom is 0.338 e. The Morgan fingerprint density at radius 2 is 1.92 bits per heavy atom. The maximum absolute atomic E-state index is 14.6. The monoisotopic (exact) mass is 549 g/mol. The van der Waals surface area contributed by atoms with E-state index >= 15 is 0 Å². The molecule has 0 saturated heterocycles. The Morgan fingerprint density at radius 3 is 2.67 bits per heavy atom. The summed E-state index contributed by atoms with van der Waals surface area (Å²) in [6.07, 6.45) is 5.80. The molecule has 9 nitrogen and oxygen atoms in total. The number of ether oxygens (including phenoxy) is 1. The Balaban J connectivity index is 1.58. The fourth-order valence-electron chi connectivity index (χ4n) is 5.40. The summed E-state index contributed by atoms with van der Waals surface area (Å²) in [6.45, 7) is 7.15. The average molecular weight is 550 g/mol. The van der Waals surface area contributed by atoms with Crippen LogP contribution in [0.4, 0.5) is 4.39 Å². The second-order valence-electron chi connectivity index (χ2n) is 9.83. The Morgan fingerprint density at radius 1 is 1.18 bits per heavy atom. The molecule has 0 aliphatic carbocycles. The van der Waals surface area contributed by atoms with Crippen molar-refractivity contribution in [2.45, 2.75) is 33.2 Å². The van der Waals surface area contributed by atoms with E-state index in [4.69, 9.17) is 21.4 Å². The van der Waals surface area contributed by atoms with Crippen LogP contribution < -0.4 is 11.0 Å². The molecule has 39 heavy (non-hydrogen) atoms. The molecule has 202 valence electrons. The molecule has 0 fully saturated rings. The Kier molecular flexibility index (Phi) is 6.41. The van der Waals surface area contributed by atoms with Crippen LogP contribution in [0, 0.1) is 19.7 Å². The largest absolute Gasteiger partial charge is 0.380 e. The Labute approximate surface area is 229 Å². The fraction of sp³-hybridized carbons (Fsp3) is 0.321. The summed E-state index contributed by atoms with van der Waals surface area (Å²) in [5.41, 5.74) is 4.59. The highest BCUT2D eigenvalue weighted by atomic mass is 35.5. The highest BCUT2D eigenvalue weighted by Gasteiger charge is 2.31. The third kappa shape index (κ3) is 4.10. The van der Waals surface area contributed by atoms with Crippen LogP contribution in [0.1, 0.15) is 35.3 Å². The van der Waals surface area contributed by atoms with Gasteiger partial charge in [0.05, 0.1) is 46.5 Å². The van der Waals surface area contributed by atoms with Crippen LogP contribution in [0.15, 0.2) is 47.7 Å². The van der Waals surface area contributed by atoms with E-state index in [-0.39, 0.29) is 17.5 Å². The molecule has 0 radical (unpaired) electrons. The summed E-state index contributed by atoms with van der Waals surface area (Å²) in [6, 6.07) is 7.06. The summed E-state index contributed by atoms with van der Waals surface area (Å²) >= 11 is 6.77. The van der Waals surface area contributed by atoms with Gasteiger partial charge in [-0.05, 0) is 56.2 Å². The number of nitrogens with one attached hydrogen (secondary N) is 1. The minimum atomic E-state index is -0.305. The van der Waals surface area contributed by atoms with Crippen molar-refractivity contribution < 1.29 is 9.13 Å². The predicted octanol–water partition coefficient (Wildman–Crippen LogP) is 4.33. The van der Waals surface area contributed by atoms with Gasteiger partial charge in [0, 0.05) is 50.0 Å². The fourth-order valence-corrected chi connectivity index (χ4v) is 5.70. The number of hydrogen-bond donors (Lipinski definition) is 1. The number of halogens is 2. The molecule has 2 aromatic carbocycles. The third-order valence-corrected chi connectivity index (χ3v) is 7.74. The summed E-state index contributed by atoms with van der Waals surface area (Å²) in [4.78, 5) is 14.0. The SMILES string of the molecule is CCOC[C@@H]1NCCc2nn(-c3cc(C)c(F)c(C)c3)c(-n3ccn(-c4ccc5c(cnn5C)c4Cl)c3=O)c21. The van der Waals surface area contributed by atoms with Crippen molar-refractivity contribution in [1.82, 2.24) is 34.0 Å². The van der Waals surface area contributed by atoms with E-state index in [1.807, 2.05) is 26.1 Å². The number of aromatic nitrogens is 6. The van der Waals surface area contributed by atoms with Gasteiger partial charge < -0.3 is 10.1 Å². The van der Waals surface area contributed by atoms with Gasteiger partial charge in [0.25, 0.3) is 0 Å². The van der Waals surface area contributed by atoms with Crippen molar-refractivity contribution in [1.29, 1.82) is 0 Å². The van der Waals surface area contributed by atoms with E-state index in [0.29, 0.717) is 53.0 Å². The zero-order valence-electron chi connectivity index (χ0n) is 22.2. The summed E-state index contributed by atoms with van der Waals surface area (Å²) < 4.78 is 26.9. The summed E-state index contributed by atoms with van der Waals surface area (Å²) in [5.74, 6) is 0.339. The lowest BCUT2D eigenvalue weighted by Crippen LogP contribution is -2.34. The van der Waals surface area contributed by atoms with Crippen molar-refractivity contribution in [3.05, 3.63) is 86.6 Å². The molecule has 5 aromatic rings. The molecule has 0 amide bonds. The number of rotatable bonds is 6. The normalized spacial score (nSPS) is 15.3. The first kappa shape index (κ1) is 25.5. The number of fused-ring (bicyclic) bond motifs is 2. The van der Waals surface area contributed by atoms with Crippen LogP contribution >= 0.6 is 11.6 Å². The van der Waals surface area contributed by atoms with Gasteiger partial charge in [-0.2, -0.15) is 10.2 Å². The second-order valence-corrected chi connectivity index (χ2v) is 10.2.